The van der Waals surface area contributed by atoms with Crippen LogP contribution in [0.1, 0.15) is 17.2 Å². The number of H-pyrrole nitrogens is 1. The van der Waals surface area contributed by atoms with E-state index >= 15 is 0 Å². The molecule has 0 aromatic carbocycles. The van der Waals surface area contributed by atoms with Crippen LogP contribution in [0, 0.1) is 0 Å². The fourth-order valence-electron chi connectivity index (χ4n) is 1.47. The van der Waals surface area contributed by atoms with Crippen molar-refractivity contribution in [1.29, 1.82) is 0 Å². The Morgan fingerprint density at radius 1 is 1.54 bits per heavy atom. The molecular weight excluding hydrogens is 162 g/mol. The average Bonchev–Trinajstić information content (AvgIpc) is 2.59. The lowest BCUT2D eigenvalue weighted by molar-refractivity contribution is 0.627. The summed E-state index contributed by atoms with van der Waals surface area (Å²) in [5.74, 6) is 0.851. The fraction of sp³-hybridized carbons (Fsp3) is 0.300. The molecule has 3 nitrogen and oxygen atoms in total. The van der Waals surface area contributed by atoms with Gasteiger partial charge >= 0.3 is 0 Å². The predicted molar refractivity (Wildman–Crippen MR) is 53.2 cm³/mol. The Labute approximate surface area is 77.6 Å². The number of nitrogens with zero attached hydrogens (tertiary/aromatic N) is 1. The summed E-state index contributed by atoms with van der Waals surface area (Å²) in [4.78, 5) is 7.70. The molecule has 2 N–H and O–H groups in total. The van der Waals surface area contributed by atoms with E-state index in [1.165, 1.54) is 5.69 Å². The monoisotopic (exact) mass is 175 g/mol. The van der Waals surface area contributed by atoms with E-state index in [-0.39, 0.29) is 0 Å². The molecule has 0 saturated heterocycles. The van der Waals surface area contributed by atoms with E-state index in [1.54, 1.807) is 6.08 Å². The lowest BCUT2D eigenvalue weighted by Crippen LogP contribution is -2.23. The minimum atomic E-state index is 0.851. The Morgan fingerprint density at radius 2 is 2.38 bits per heavy atom. The number of hydrogen-bond donors (Lipinski definition) is 2. The quantitative estimate of drug-likeness (QED) is 0.664. The van der Waals surface area contributed by atoms with Crippen molar-refractivity contribution in [3.05, 3.63) is 36.4 Å². The molecule has 2 rings (SSSR count). The maximum Gasteiger partial charge on any atom is 0.137 e. The third-order valence-electron chi connectivity index (χ3n) is 2.26. The highest BCUT2D eigenvalue weighted by Crippen LogP contribution is 2.15. The lowest BCUT2D eigenvalue weighted by atomic mass is 10.2. The zero-order valence-corrected chi connectivity index (χ0v) is 7.56. The SMILES string of the molecule is C=CC(=C)c1nc2c([nH]1)CNCC2. The number of hydrogen-bond acceptors (Lipinski definition) is 2. The zero-order chi connectivity index (χ0) is 9.26. The molecule has 0 atom stereocenters. The Balaban J connectivity index is 2.35. The van der Waals surface area contributed by atoms with Crippen LogP contribution in [0.25, 0.3) is 5.57 Å². The smallest absolute Gasteiger partial charge is 0.137 e. The van der Waals surface area contributed by atoms with Crippen molar-refractivity contribution < 1.29 is 0 Å². The summed E-state index contributed by atoms with van der Waals surface area (Å²) < 4.78 is 0. The normalized spacial score (nSPS) is 15.1. The second-order valence-corrected chi connectivity index (χ2v) is 3.17. The molecule has 0 saturated carbocycles. The molecule has 2 heterocycles. The second-order valence-electron chi connectivity index (χ2n) is 3.17. The van der Waals surface area contributed by atoms with E-state index < -0.39 is 0 Å². The topological polar surface area (TPSA) is 40.7 Å². The van der Waals surface area contributed by atoms with Crippen molar-refractivity contribution in [3.63, 3.8) is 0 Å². The van der Waals surface area contributed by atoms with Gasteiger partial charge in [0, 0.05) is 25.1 Å². The van der Waals surface area contributed by atoms with Crippen LogP contribution < -0.4 is 5.32 Å². The fourth-order valence-corrected chi connectivity index (χ4v) is 1.47. The lowest BCUT2D eigenvalue weighted by Gasteiger charge is -2.09. The van der Waals surface area contributed by atoms with Crippen molar-refractivity contribution in [2.75, 3.05) is 6.54 Å². The average molecular weight is 175 g/mol. The first-order valence-corrected chi connectivity index (χ1v) is 4.41. The van der Waals surface area contributed by atoms with Gasteiger partial charge in [-0.1, -0.05) is 19.2 Å². The molecule has 1 aromatic heterocycles. The molecule has 1 aliphatic heterocycles. The van der Waals surface area contributed by atoms with Crippen LogP contribution in [-0.2, 0) is 13.0 Å². The summed E-state index contributed by atoms with van der Waals surface area (Å²) >= 11 is 0. The van der Waals surface area contributed by atoms with E-state index in [9.17, 15) is 0 Å². The minimum Gasteiger partial charge on any atom is -0.341 e. The molecule has 0 radical (unpaired) electrons. The summed E-state index contributed by atoms with van der Waals surface area (Å²) in [6.07, 6.45) is 2.72. The molecule has 0 unspecified atom stereocenters. The first-order chi connectivity index (χ1) is 6.31. The summed E-state index contributed by atoms with van der Waals surface area (Å²) in [5, 5.41) is 3.28. The number of aromatic nitrogens is 2. The third kappa shape index (κ3) is 1.42. The molecule has 0 spiro atoms. The largest absolute Gasteiger partial charge is 0.341 e. The summed E-state index contributed by atoms with van der Waals surface area (Å²) in [6, 6.07) is 0. The van der Waals surface area contributed by atoms with Gasteiger partial charge in [0.25, 0.3) is 0 Å². The van der Waals surface area contributed by atoms with Crippen LogP contribution in [0.5, 0.6) is 0 Å². The van der Waals surface area contributed by atoms with Crippen LogP contribution in [0.2, 0.25) is 0 Å². The number of allylic oxidation sites excluding steroid dienone is 2. The van der Waals surface area contributed by atoms with E-state index in [4.69, 9.17) is 0 Å². The van der Waals surface area contributed by atoms with Crippen molar-refractivity contribution in [2.45, 2.75) is 13.0 Å². The van der Waals surface area contributed by atoms with Gasteiger partial charge in [-0.2, -0.15) is 0 Å². The predicted octanol–water partition coefficient (Wildman–Crippen LogP) is 1.25. The number of rotatable bonds is 2. The van der Waals surface area contributed by atoms with Gasteiger partial charge in [-0.3, -0.25) is 0 Å². The van der Waals surface area contributed by atoms with Gasteiger partial charge in [-0.15, -0.1) is 0 Å². The van der Waals surface area contributed by atoms with Crippen molar-refractivity contribution in [1.82, 2.24) is 15.3 Å². The maximum absolute atomic E-state index is 4.46. The molecule has 68 valence electrons. The van der Waals surface area contributed by atoms with Gasteiger partial charge in [0.15, 0.2) is 0 Å². The van der Waals surface area contributed by atoms with Crippen LogP contribution in [0.15, 0.2) is 19.2 Å². The summed E-state index contributed by atoms with van der Waals surface area (Å²) in [7, 11) is 0. The molecule has 0 bridgehead atoms. The van der Waals surface area contributed by atoms with Gasteiger partial charge in [0.1, 0.15) is 5.82 Å². The standard InChI is InChI=1S/C10H13N3/c1-3-7(2)10-12-8-4-5-11-6-9(8)13-10/h3,11H,1-2,4-6H2,(H,12,13). The summed E-state index contributed by atoms with van der Waals surface area (Å²) in [6.45, 7) is 9.42. The highest BCUT2D eigenvalue weighted by atomic mass is 15.0. The maximum atomic E-state index is 4.46. The highest BCUT2D eigenvalue weighted by molar-refractivity contribution is 5.66. The van der Waals surface area contributed by atoms with Gasteiger partial charge in [0.05, 0.1) is 11.4 Å². The summed E-state index contributed by atoms with van der Waals surface area (Å²) in [5.41, 5.74) is 3.20. The first kappa shape index (κ1) is 8.26. The van der Waals surface area contributed by atoms with Crippen LogP contribution in [0.3, 0.4) is 0 Å². The Hall–Kier alpha value is -1.35. The molecule has 1 aromatic rings. The minimum absolute atomic E-state index is 0.851. The van der Waals surface area contributed by atoms with E-state index in [2.05, 4.69) is 28.4 Å². The van der Waals surface area contributed by atoms with Crippen molar-refractivity contribution >= 4 is 5.57 Å². The van der Waals surface area contributed by atoms with Crippen LogP contribution in [0.4, 0.5) is 0 Å². The zero-order valence-electron chi connectivity index (χ0n) is 7.56. The Morgan fingerprint density at radius 3 is 3.08 bits per heavy atom. The number of imidazole rings is 1. The van der Waals surface area contributed by atoms with E-state index in [0.29, 0.717) is 0 Å². The Bertz CT molecular complexity index is 326. The molecule has 1 aliphatic rings. The number of aromatic amines is 1. The number of nitrogens with one attached hydrogen (secondary N) is 2. The Kier molecular flexibility index (Phi) is 2.02. The van der Waals surface area contributed by atoms with Gasteiger partial charge in [0.2, 0.25) is 0 Å². The first-order valence-electron chi connectivity index (χ1n) is 4.41. The van der Waals surface area contributed by atoms with Crippen molar-refractivity contribution in [3.8, 4) is 0 Å². The molecule has 13 heavy (non-hydrogen) atoms. The van der Waals surface area contributed by atoms with Crippen LogP contribution in [-0.4, -0.2) is 16.5 Å². The van der Waals surface area contributed by atoms with Gasteiger partial charge < -0.3 is 10.3 Å². The molecule has 3 heteroatoms. The van der Waals surface area contributed by atoms with Crippen LogP contribution >= 0.6 is 0 Å². The molecule has 0 amide bonds. The van der Waals surface area contributed by atoms with E-state index in [1.807, 2.05) is 0 Å². The number of fused-ring (bicyclic) bond motifs is 1. The molecule has 0 aliphatic carbocycles. The molecular formula is C10H13N3. The molecule has 0 fully saturated rings. The third-order valence-corrected chi connectivity index (χ3v) is 2.26. The van der Waals surface area contributed by atoms with Crippen molar-refractivity contribution in [2.24, 2.45) is 0 Å². The van der Waals surface area contributed by atoms with Gasteiger partial charge in [-0.05, 0) is 0 Å². The van der Waals surface area contributed by atoms with E-state index in [0.717, 1.165) is 36.6 Å². The van der Waals surface area contributed by atoms with Gasteiger partial charge in [-0.25, -0.2) is 4.98 Å². The second kappa shape index (κ2) is 3.18. The highest BCUT2D eigenvalue weighted by Gasteiger charge is 2.13.